The lowest BCUT2D eigenvalue weighted by molar-refractivity contribution is -0.157. The zero-order valence-electron chi connectivity index (χ0n) is 19.2. The van der Waals surface area contributed by atoms with Gasteiger partial charge in [-0.2, -0.15) is 0 Å². The Morgan fingerprint density at radius 1 is 0.971 bits per heavy atom. The average Bonchev–Trinajstić information content (AvgIpc) is 2.79. The van der Waals surface area contributed by atoms with Gasteiger partial charge in [-0.05, 0) is 19.4 Å². The summed E-state index contributed by atoms with van der Waals surface area (Å²) in [4.78, 5) is 60.1. The van der Waals surface area contributed by atoms with E-state index in [-0.39, 0.29) is 26.4 Å². The number of primary amides is 1. The minimum atomic E-state index is -1.58. The van der Waals surface area contributed by atoms with Crippen molar-refractivity contribution in [2.75, 3.05) is 19.8 Å². The second-order valence-electron chi connectivity index (χ2n) is 7.12. The van der Waals surface area contributed by atoms with Crippen LogP contribution < -0.4 is 16.4 Å². The van der Waals surface area contributed by atoms with Crippen molar-refractivity contribution >= 4 is 29.8 Å². The summed E-state index contributed by atoms with van der Waals surface area (Å²) >= 11 is 0. The molecule has 34 heavy (non-hydrogen) atoms. The summed E-state index contributed by atoms with van der Waals surface area (Å²) in [5.41, 5.74) is 6.10. The third-order valence-corrected chi connectivity index (χ3v) is 4.42. The summed E-state index contributed by atoms with van der Waals surface area (Å²) in [5, 5.41) is 14.6. The molecule has 0 aliphatic carbocycles. The Hall–Kier alpha value is -3.67. The fourth-order valence-electron chi connectivity index (χ4n) is 2.85. The van der Waals surface area contributed by atoms with Gasteiger partial charge in [-0.25, -0.2) is 4.79 Å². The molecule has 0 aliphatic heterocycles. The number of hydrogen-bond donors (Lipinski definition) is 4. The van der Waals surface area contributed by atoms with Gasteiger partial charge in [0.2, 0.25) is 11.8 Å². The zero-order valence-corrected chi connectivity index (χ0v) is 19.2. The van der Waals surface area contributed by atoms with Crippen molar-refractivity contribution in [1.82, 2.24) is 10.6 Å². The van der Waals surface area contributed by atoms with E-state index in [9.17, 15) is 29.1 Å². The molecule has 0 heterocycles. The maximum Gasteiger partial charge on any atom is 0.407 e. The Morgan fingerprint density at radius 2 is 1.62 bits per heavy atom. The monoisotopic (exact) mass is 481 g/mol. The summed E-state index contributed by atoms with van der Waals surface area (Å²) in [5.74, 6) is -5.02. The number of esters is 2. The second-order valence-corrected chi connectivity index (χ2v) is 7.12. The second kappa shape index (κ2) is 15.2. The van der Waals surface area contributed by atoms with Gasteiger partial charge >= 0.3 is 18.0 Å². The molecule has 0 aromatic heterocycles. The number of rotatable bonds is 14. The van der Waals surface area contributed by atoms with Gasteiger partial charge in [0, 0.05) is 6.54 Å². The van der Waals surface area contributed by atoms with E-state index in [4.69, 9.17) is 19.9 Å². The Balaban J connectivity index is 2.62. The van der Waals surface area contributed by atoms with Crippen LogP contribution in [0.15, 0.2) is 30.3 Å². The molecule has 0 bridgehead atoms. The zero-order chi connectivity index (χ0) is 25.5. The van der Waals surface area contributed by atoms with Crippen LogP contribution in [-0.4, -0.2) is 66.9 Å². The number of benzene rings is 1. The Kier molecular flexibility index (Phi) is 12.7. The number of hydrogen-bond acceptors (Lipinski definition) is 9. The number of ether oxygens (including phenoxy) is 3. The van der Waals surface area contributed by atoms with Crippen LogP contribution >= 0.6 is 0 Å². The first-order chi connectivity index (χ1) is 16.2. The largest absolute Gasteiger partial charge is 0.466 e. The quantitative estimate of drug-likeness (QED) is 0.206. The van der Waals surface area contributed by atoms with Crippen molar-refractivity contribution in [3.05, 3.63) is 35.9 Å². The number of aliphatic hydroxyl groups is 1. The van der Waals surface area contributed by atoms with Gasteiger partial charge in [-0.3, -0.25) is 19.2 Å². The summed E-state index contributed by atoms with van der Waals surface area (Å²) in [6.45, 7) is 2.84. The fourth-order valence-corrected chi connectivity index (χ4v) is 2.85. The molecule has 3 atom stereocenters. The van der Waals surface area contributed by atoms with Gasteiger partial charge in [-0.1, -0.05) is 30.3 Å². The van der Waals surface area contributed by atoms with E-state index >= 15 is 0 Å². The Morgan fingerprint density at radius 3 is 2.21 bits per heavy atom. The lowest BCUT2D eigenvalue weighted by Gasteiger charge is -2.24. The molecule has 5 N–H and O–H groups in total. The molecular formula is C22H31N3O9. The van der Waals surface area contributed by atoms with Gasteiger partial charge in [0.15, 0.2) is 0 Å². The lowest BCUT2D eigenvalue weighted by atomic mass is 9.95. The van der Waals surface area contributed by atoms with Gasteiger partial charge in [-0.15, -0.1) is 0 Å². The summed E-state index contributed by atoms with van der Waals surface area (Å²) in [7, 11) is 0. The summed E-state index contributed by atoms with van der Waals surface area (Å²) in [6.07, 6.45) is -3.20. The Labute approximate surface area is 197 Å². The molecule has 188 valence electrons. The van der Waals surface area contributed by atoms with Crippen LogP contribution in [-0.2, 0) is 40.0 Å². The summed E-state index contributed by atoms with van der Waals surface area (Å²) in [6, 6.07) is 7.36. The topological polar surface area (TPSA) is 183 Å². The number of aliphatic hydroxyl groups excluding tert-OH is 1. The van der Waals surface area contributed by atoms with Crippen molar-refractivity contribution < 1.29 is 43.3 Å². The SMILES string of the molecule is CCOC(=O)C[C@H](C(=O)OCC)[C@@H](NC(=O)C[C@H](O)CNC(=O)OCc1ccccc1)C(N)=O. The first-order valence-corrected chi connectivity index (χ1v) is 10.7. The first-order valence-electron chi connectivity index (χ1n) is 10.7. The third kappa shape index (κ3) is 10.8. The lowest BCUT2D eigenvalue weighted by Crippen LogP contribution is -2.53. The number of carbonyl (C=O) groups is 5. The van der Waals surface area contributed by atoms with E-state index in [1.165, 1.54) is 6.92 Å². The smallest absolute Gasteiger partial charge is 0.407 e. The van der Waals surface area contributed by atoms with Gasteiger partial charge in [0.05, 0.1) is 38.1 Å². The van der Waals surface area contributed by atoms with Gasteiger partial charge in [0.1, 0.15) is 12.6 Å². The van der Waals surface area contributed by atoms with E-state index in [1.807, 2.05) is 6.07 Å². The highest BCUT2D eigenvalue weighted by molar-refractivity contribution is 5.93. The number of amides is 3. The van der Waals surface area contributed by atoms with Crippen LogP contribution in [0.3, 0.4) is 0 Å². The van der Waals surface area contributed by atoms with Gasteiger partial charge in [0.25, 0.3) is 0 Å². The molecule has 1 aromatic rings. The predicted molar refractivity (Wildman–Crippen MR) is 118 cm³/mol. The molecule has 0 saturated heterocycles. The molecule has 1 aromatic carbocycles. The summed E-state index contributed by atoms with van der Waals surface area (Å²) < 4.78 is 14.7. The number of carbonyl (C=O) groups excluding carboxylic acids is 5. The standard InChI is InChI=1S/C22H31N3O9/c1-3-32-18(28)11-16(21(30)33-4-2)19(20(23)29)25-17(27)10-15(26)12-24-22(31)34-13-14-8-6-5-7-9-14/h5-9,15-16,19,26H,3-4,10-13H2,1-2H3,(H2,23,29)(H,24,31)(H,25,27)/t15-,16-,19+/m0/s1. The molecule has 3 amide bonds. The molecule has 0 saturated carbocycles. The number of nitrogens with two attached hydrogens (primary N) is 1. The van der Waals surface area contributed by atoms with Crippen molar-refractivity contribution in [1.29, 1.82) is 0 Å². The van der Waals surface area contributed by atoms with Crippen LogP contribution in [0.2, 0.25) is 0 Å². The van der Waals surface area contributed by atoms with Crippen molar-refractivity contribution in [3.63, 3.8) is 0 Å². The fraction of sp³-hybridized carbons (Fsp3) is 0.500. The molecule has 0 radical (unpaired) electrons. The van der Waals surface area contributed by atoms with Crippen LogP contribution in [0, 0.1) is 5.92 Å². The van der Waals surface area contributed by atoms with E-state index in [0.29, 0.717) is 0 Å². The molecule has 1 rings (SSSR count). The highest BCUT2D eigenvalue weighted by Gasteiger charge is 2.37. The van der Waals surface area contributed by atoms with E-state index in [2.05, 4.69) is 10.6 Å². The third-order valence-electron chi connectivity index (χ3n) is 4.42. The van der Waals surface area contributed by atoms with Crippen LogP contribution in [0.25, 0.3) is 0 Å². The van der Waals surface area contributed by atoms with Crippen LogP contribution in [0.5, 0.6) is 0 Å². The molecule has 0 spiro atoms. The molecule has 12 heteroatoms. The minimum Gasteiger partial charge on any atom is -0.466 e. The maximum absolute atomic E-state index is 12.3. The minimum absolute atomic E-state index is 0.0255. The maximum atomic E-state index is 12.3. The van der Waals surface area contributed by atoms with Crippen molar-refractivity contribution in [3.8, 4) is 0 Å². The van der Waals surface area contributed by atoms with E-state index < -0.39 is 60.8 Å². The predicted octanol–water partition coefficient (Wildman–Crippen LogP) is -0.234. The molecule has 0 fully saturated rings. The van der Waals surface area contributed by atoms with Crippen molar-refractivity contribution in [2.24, 2.45) is 11.7 Å². The number of alkyl carbamates (subject to hydrolysis) is 1. The van der Waals surface area contributed by atoms with Crippen LogP contribution in [0.1, 0.15) is 32.3 Å². The number of nitrogens with one attached hydrogen (secondary N) is 2. The molecule has 0 unspecified atom stereocenters. The molecular weight excluding hydrogens is 450 g/mol. The first kappa shape index (κ1) is 28.4. The average molecular weight is 482 g/mol. The van der Waals surface area contributed by atoms with Crippen LogP contribution in [0.4, 0.5) is 4.79 Å². The molecule has 12 nitrogen and oxygen atoms in total. The molecule has 0 aliphatic rings. The van der Waals surface area contributed by atoms with E-state index in [0.717, 1.165) is 5.56 Å². The highest BCUT2D eigenvalue weighted by Crippen LogP contribution is 2.14. The van der Waals surface area contributed by atoms with Gasteiger partial charge < -0.3 is 35.7 Å². The normalized spacial score (nSPS) is 13.0. The Bertz CT molecular complexity index is 832. The van der Waals surface area contributed by atoms with Crippen molar-refractivity contribution in [2.45, 2.75) is 45.4 Å². The highest BCUT2D eigenvalue weighted by atomic mass is 16.6. The van der Waals surface area contributed by atoms with E-state index in [1.54, 1.807) is 31.2 Å².